The predicted molar refractivity (Wildman–Crippen MR) is 119 cm³/mol. The lowest BCUT2D eigenvalue weighted by Gasteiger charge is -2.11. The number of para-hydroxylation sites is 1. The zero-order valence-electron chi connectivity index (χ0n) is 17.7. The van der Waals surface area contributed by atoms with Crippen LogP contribution in [0.1, 0.15) is 10.4 Å². The van der Waals surface area contributed by atoms with Gasteiger partial charge in [0, 0.05) is 23.1 Å². The molecule has 0 saturated heterocycles. The second-order valence-corrected chi connectivity index (χ2v) is 6.80. The first-order valence-electron chi connectivity index (χ1n) is 9.69. The molecule has 0 saturated carbocycles. The van der Waals surface area contributed by atoms with Crippen LogP contribution in [0.4, 0.5) is 0 Å². The fourth-order valence-corrected chi connectivity index (χ4v) is 3.34. The Morgan fingerprint density at radius 3 is 2.25 bits per heavy atom. The van der Waals surface area contributed by atoms with Gasteiger partial charge in [0.1, 0.15) is 34.1 Å². The third kappa shape index (κ3) is 4.00. The third-order valence-corrected chi connectivity index (χ3v) is 4.94. The molecule has 0 N–H and O–H groups in total. The average molecular weight is 432 g/mol. The van der Waals surface area contributed by atoms with E-state index in [1.54, 1.807) is 67.8 Å². The van der Waals surface area contributed by atoms with E-state index in [0.717, 1.165) is 0 Å². The molecule has 3 aromatic carbocycles. The lowest BCUT2D eigenvalue weighted by atomic mass is 10.0. The number of hydrogen-bond acceptors (Lipinski definition) is 7. The molecular formula is C25H20O7. The van der Waals surface area contributed by atoms with Crippen LogP contribution in [0.25, 0.3) is 22.1 Å². The molecule has 0 bridgehead atoms. The monoisotopic (exact) mass is 432 g/mol. The first kappa shape index (κ1) is 21.0. The van der Waals surface area contributed by atoms with Crippen molar-refractivity contribution in [2.45, 2.75) is 0 Å². The van der Waals surface area contributed by atoms with E-state index in [1.165, 1.54) is 20.3 Å². The molecule has 0 aliphatic carbocycles. The smallest absolute Gasteiger partial charge is 0.347 e. The van der Waals surface area contributed by atoms with Crippen LogP contribution in [0.2, 0.25) is 0 Å². The zero-order valence-corrected chi connectivity index (χ0v) is 17.7. The van der Waals surface area contributed by atoms with E-state index in [0.29, 0.717) is 39.3 Å². The Hall–Kier alpha value is -4.26. The molecule has 0 spiro atoms. The number of methoxy groups -OCH3 is 3. The minimum absolute atomic E-state index is 0.242. The summed E-state index contributed by atoms with van der Waals surface area (Å²) in [5.74, 6) is 1.16. The van der Waals surface area contributed by atoms with Crippen LogP contribution in [0, 0.1) is 0 Å². The molecule has 7 heteroatoms. The van der Waals surface area contributed by atoms with E-state index in [4.69, 9.17) is 23.4 Å². The molecule has 32 heavy (non-hydrogen) atoms. The first-order valence-corrected chi connectivity index (χ1v) is 9.69. The molecule has 4 aromatic rings. The highest BCUT2D eigenvalue weighted by Crippen LogP contribution is 2.33. The molecule has 0 radical (unpaired) electrons. The van der Waals surface area contributed by atoms with Crippen molar-refractivity contribution >= 4 is 16.9 Å². The summed E-state index contributed by atoms with van der Waals surface area (Å²) < 4.78 is 26.8. The number of benzene rings is 3. The molecular weight excluding hydrogens is 412 g/mol. The Kier molecular flexibility index (Phi) is 5.81. The van der Waals surface area contributed by atoms with Crippen LogP contribution in [0.3, 0.4) is 0 Å². The van der Waals surface area contributed by atoms with Crippen molar-refractivity contribution in [1.29, 1.82) is 0 Å². The quantitative estimate of drug-likeness (QED) is 0.248. The average Bonchev–Trinajstić information content (AvgIpc) is 2.83. The molecule has 4 rings (SSSR count). The summed E-state index contributed by atoms with van der Waals surface area (Å²) in [6, 6.07) is 18.5. The van der Waals surface area contributed by atoms with Gasteiger partial charge in [0.25, 0.3) is 0 Å². The van der Waals surface area contributed by atoms with Crippen molar-refractivity contribution in [1.82, 2.24) is 0 Å². The van der Waals surface area contributed by atoms with Crippen molar-refractivity contribution in [3.8, 4) is 34.1 Å². The summed E-state index contributed by atoms with van der Waals surface area (Å²) in [5, 5.41) is 0.662. The van der Waals surface area contributed by atoms with Crippen molar-refractivity contribution < 1.29 is 28.2 Å². The molecule has 7 nitrogen and oxygen atoms in total. The van der Waals surface area contributed by atoms with Gasteiger partial charge >= 0.3 is 11.6 Å². The molecule has 1 aromatic heterocycles. The Labute approximate surface area is 183 Å². The lowest BCUT2D eigenvalue weighted by Crippen LogP contribution is -2.10. The predicted octanol–water partition coefficient (Wildman–Crippen LogP) is 4.71. The van der Waals surface area contributed by atoms with Gasteiger partial charge < -0.3 is 23.4 Å². The van der Waals surface area contributed by atoms with Gasteiger partial charge in [-0.2, -0.15) is 0 Å². The maximum absolute atomic E-state index is 12.7. The van der Waals surface area contributed by atoms with E-state index in [1.807, 2.05) is 0 Å². The van der Waals surface area contributed by atoms with Crippen molar-refractivity contribution in [2.24, 2.45) is 0 Å². The maximum Gasteiger partial charge on any atom is 0.347 e. The minimum atomic E-state index is -0.580. The molecule has 0 amide bonds. The summed E-state index contributed by atoms with van der Waals surface area (Å²) in [4.78, 5) is 25.3. The normalized spacial score (nSPS) is 10.6. The molecule has 162 valence electrons. The highest BCUT2D eigenvalue weighted by atomic mass is 16.5. The summed E-state index contributed by atoms with van der Waals surface area (Å²) in [5.41, 5.74) is 0.954. The van der Waals surface area contributed by atoms with Crippen LogP contribution in [0.15, 0.2) is 75.9 Å². The molecule has 0 aliphatic heterocycles. The highest BCUT2D eigenvalue weighted by molar-refractivity contribution is 5.94. The first-order chi connectivity index (χ1) is 15.5. The Bertz CT molecular complexity index is 1350. The number of esters is 1. The number of ether oxygens (including phenoxy) is 4. The number of hydrogen-bond donors (Lipinski definition) is 0. The summed E-state index contributed by atoms with van der Waals surface area (Å²) in [6.45, 7) is 0. The summed E-state index contributed by atoms with van der Waals surface area (Å²) >= 11 is 0. The van der Waals surface area contributed by atoms with Gasteiger partial charge in [-0.15, -0.1) is 0 Å². The van der Waals surface area contributed by atoms with Crippen LogP contribution < -0.4 is 24.6 Å². The van der Waals surface area contributed by atoms with Gasteiger partial charge in [-0.1, -0.05) is 12.1 Å². The van der Waals surface area contributed by atoms with E-state index in [-0.39, 0.29) is 11.3 Å². The number of carbonyl (C=O) groups excluding carboxylic acids is 1. The fourth-order valence-electron chi connectivity index (χ4n) is 3.34. The van der Waals surface area contributed by atoms with Crippen LogP contribution >= 0.6 is 0 Å². The number of fused-ring (bicyclic) bond motifs is 1. The van der Waals surface area contributed by atoms with Gasteiger partial charge in [-0.3, -0.25) is 0 Å². The molecule has 0 atom stereocenters. The minimum Gasteiger partial charge on any atom is -0.497 e. The summed E-state index contributed by atoms with van der Waals surface area (Å²) in [7, 11) is 4.55. The van der Waals surface area contributed by atoms with E-state index >= 15 is 0 Å². The van der Waals surface area contributed by atoms with Gasteiger partial charge in [-0.25, -0.2) is 9.59 Å². The maximum atomic E-state index is 12.7. The second kappa shape index (κ2) is 8.85. The van der Waals surface area contributed by atoms with E-state index < -0.39 is 11.6 Å². The second-order valence-electron chi connectivity index (χ2n) is 6.80. The Morgan fingerprint density at radius 2 is 1.50 bits per heavy atom. The van der Waals surface area contributed by atoms with E-state index in [2.05, 4.69) is 0 Å². The van der Waals surface area contributed by atoms with Gasteiger partial charge in [0.05, 0.1) is 26.9 Å². The molecule has 0 aliphatic rings. The Balaban J connectivity index is 1.69. The number of rotatable bonds is 6. The highest BCUT2D eigenvalue weighted by Gasteiger charge is 2.16. The van der Waals surface area contributed by atoms with Gasteiger partial charge in [0.15, 0.2) is 0 Å². The largest absolute Gasteiger partial charge is 0.497 e. The summed E-state index contributed by atoms with van der Waals surface area (Å²) in [6.07, 6.45) is 0. The topological polar surface area (TPSA) is 84.2 Å². The van der Waals surface area contributed by atoms with Crippen molar-refractivity contribution in [3.63, 3.8) is 0 Å². The van der Waals surface area contributed by atoms with E-state index in [9.17, 15) is 9.59 Å². The van der Waals surface area contributed by atoms with Crippen LogP contribution in [-0.2, 0) is 0 Å². The lowest BCUT2D eigenvalue weighted by molar-refractivity contribution is 0.0731. The van der Waals surface area contributed by atoms with Crippen molar-refractivity contribution in [3.05, 3.63) is 82.7 Å². The van der Waals surface area contributed by atoms with Crippen LogP contribution in [-0.4, -0.2) is 27.3 Å². The van der Waals surface area contributed by atoms with Crippen molar-refractivity contribution in [2.75, 3.05) is 21.3 Å². The molecule has 1 heterocycles. The standard InChI is InChI=1S/C25H20O7/c1-28-16-10-11-18(23(13-16)30-3)20-12-15-8-9-17(14-22(15)32-25(20)27)31-24(26)19-6-4-5-7-21(19)29-2/h4-14H,1-3H3. The molecule has 0 fully saturated rings. The van der Waals surface area contributed by atoms with Gasteiger partial charge in [0.2, 0.25) is 0 Å². The molecule has 0 unspecified atom stereocenters. The van der Waals surface area contributed by atoms with Crippen LogP contribution in [0.5, 0.6) is 23.0 Å². The zero-order chi connectivity index (χ0) is 22.7. The fraction of sp³-hybridized carbons (Fsp3) is 0.120. The SMILES string of the molecule is COc1ccc(-c2cc3ccc(OC(=O)c4ccccc4OC)cc3oc2=O)c(OC)c1. The number of carbonyl (C=O) groups is 1. The Morgan fingerprint density at radius 1 is 0.750 bits per heavy atom. The third-order valence-electron chi connectivity index (χ3n) is 4.94. The van der Waals surface area contributed by atoms with Gasteiger partial charge in [-0.05, 0) is 42.5 Å².